The van der Waals surface area contributed by atoms with Crippen LogP contribution in [0.1, 0.15) is 24.2 Å². The third-order valence-electron chi connectivity index (χ3n) is 4.17. The van der Waals surface area contributed by atoms with E-state index >= 15 is 0 Å². The Bertz CT molecular complexity index is 905. The summed E-state index contributed by atoms with van der Waals surface area (Å²) >= 11 is 7.51. The molecule has 0 saturated carbocycles. The Balaban J connectivity index is 1.86. The molecule has 0 N–H and O–H groups in total. The van der Waals surface area contributed by atoms with Gasteiger partial charge in [0.1, 0.15) is 0 Å². The van der Waals surface area contributed by atoms with E-state index in [-0.39, 0.29) is 5.25 Å². The van der Waals surface area contributed by atoms with E-state index in [1.165, 1.54) is 11.8 Å². The molecule has 1 heterocycles. The maximum Gasteiger partial charge on any atom is 0.277 e. The van der Waals surface area contributed by atoms with Gasteiger partial charge in [-0.05, 0) is 36.2 Å². The Kier molecular flexibility index (Phi) is 6.70. The number of ether oxygens (including phenoxy) is 3. The lowest BCUT2D eigenvalue weighted by atomic mass is 10.1. The maximum absolute atomic E-state index is 5.98. The largest absolute Gasteiger partial charge is 0.493 e. The second-order valence-corrected chi connectivity index (χ2v) is 7.44. The number of hydrogen-bond donors (Lipinski definition) is 0. The van der Waals surface area contributed by atoms with Crippen molar-refractivity contribution in [2.45, 2.75) is 23.8 Å². The average molecular weight is 421 g/mol. The number of thioether (sulfide) groups is 1. The first-order chi connectivity index (χ1) is 13.6. The average Bonchev–Trinajstić information content (AvgIpc) is 3.20. The summed E-state index contributed by atoms with van der Waals surface area (Å²) in [7, 11) is 4.69. The molecule has 28 heavy (non-hydrogen) atoms. The van der Waals surface area contributed by atoms with E-state index in [9.17, 15) is 0 Å². The molecule has 8 heteroatoms. The minimum atomic E-state index is 0.186. The Hall–Kier alpha value is -2.38. The SMILES string of the molecule is CCC(Sc1nnc(-c2cc(OC)c(OC)c(OC)c2)o1)c1ccc(Cl)cc1. The predicted octanol–water partition coefficient (Wildman–Crippen LogP) is 5.66. The minimum absolute atomic E-state index is 0.186. The molecule has 0 saturated heterocycles. The van der Waals surface area contributed by atoms with Gasteiger partial charge in [-0.1, -0.05) is 42.4 Å². The molecule has 2 aromatic carbocycles. The molecule has 0 amide bonds. The molecular formula is C20H21ClN2O4S. The highest BCUT2D eigenvalue weighted by Crippen LogP contribution is 2.42. The zero-order valence-corrected chi connectivity index (χ0v) is 17.6. The van der Waals surface area contributed by atoms with Gasteiger partial charge in [-0.25, -0.2) is 0 Å². The highest BCUT2D eigenvalue weighted by molar-refractivity contribution is 7.99. The van der Waals surface area contributed by atoms with Crippen LogP contribution in [0.15, 0.2) is 46.0 Å². The molecule has 0 aliphatic rings. The summed E-state index contributed by atoms with van der Waals surface area (Å²) in [4.78, 5) is 0. The van der Waals surface area contributed by atoms with Crippen LogP contribution in [0.2, 0.25) is 5.02 Å². The van der Waals surface area contributed by atoms with Crippen molar-refractivity contribution in [3.05, 3.63) is 47.0 Å². The third kappa shape index (κ3) is 4.36. The third-order valence-corrected chi connectivity index (χ3v) is 5.68. The van der Waals surface area contributed by atoms with Gasteiger partial charge in [-0.15, -0.1) is 10.2 Å². The number of methoxy groups -OCH3 is 3. The van der Waals surface area contributed by atoms with Crippen LogP contribution in [0.5, 0.6) is 17.2 Å². The van der Waals surface area contributed by atoms with Crippen molar-refractivity contribution in [3.63, 3.8) is 0 Å². The van der Waals surface area contributed by atoms with E-state index in [4.69, 9.17) is 30.2 Å². The predicted molar refractivity (Wildman–Crippen MR) is 110 cm³/mol. The van der Waals surface area contributed by atoms with Crippen molar-refractivity contribution in [2.75, 3.05) is 21.3 Å². The topological polar surface area (TPSA) is 66.6 Å². The van der Waals surface area contributed by atoms with Crippen LogP contribution in [-0.2, 0) is 0 Å². The van der Waals surface area contributed by atoms with Crippen LogP contribution < -0.4 is 14.2 Å². The van der Waals surface area contributed by atoms with E-state index in [0.29, 0.717) is 38.9 Å². The summed E-state index contributed by atoms with van der Waals surface area (Å²) in [5, 5.41) is 9.75. The smallest absolute Gasteiger partial charge is 0.277 e. The van der Waals surface area contributed by atoms with Crippen LogP contribution >= 0.6 is 23.4 Å². The van der Waals surface area contributed by atoms with Crippen LogP contribution in [0.3, 0.4) is 0 Å². The molecule has 148 valence electrons. The van der Waals surface area contributed by atoms with Gasteiger partial charge in [0, 0.05) is 15.8 Å². The lowest BCUT2D eigenvalue weighted by molar-refractivity contribution is 0.324. The number of hydrogen-bond acceptors (Lipinski definition) is 7. The fraction of sp³-hybridized carbons (Fsp3) is 0.300. The van der Waals surface area contributed by atoms with Crippen LogP contribution in [0.25, 0.3) is 11.5 Å². The Labute approximate surface area is 173 Å². The van der Waals surface area contributed by atoms with E-state index in [1.807, 2.05) is 24.3 Å². The van der Waals surface area contributed by atoms with Crippen molar-refractivity contribution in [1.82, 2.24) is 10.2 Å². The van der Waals surface area contributed by atoms with Crippen molar-refractivity contribution >= 4 is 23.4 Å². The van der Waals surface area contributed by atoms with E-state index in [1.54, 1.807) is 33.5 Å². The molecular weight excluding hydrogens is 400 g/mol. The summed E-state index contributed by atoms with van der Waals surface area (Å²) in [5.74, 6) is 1.94. The molecule has 1 atom stereocenters. The molecule has 0 spiro atoms. The van der Waals surface area contributed by atoms with Crippen molar-refractivity contribution in [1.29, 1.82) is 0 Å². The molecule has 0 aliphatic carbocycles. The molecule has 0 aliphatic heterocycles. The second kappa shape index (κ2) is 9.21. The summed E-state index contributed by atoms with van der Waals surface area (Å²) in [6.45, 7) is 2.11. The zero-order valence-electron chi connectivity index (χ0n) is 16.1. The van der Waals surface area contributed by atoms with Crippen LogP contribution in [0.4, 0.5) is 0 Å². The molecule has 6 nitrogen and oxygen atoms in total. The Morgan fingerprint density at radius 1 is 1.00 bits per heavy atom. The van der Waals surface area contributed by atoms with Crippen molar-refractivity contribution in [3.8, 4) is 28.7 Å². The van der Waals surface area contributed by atoms with Crippen LogP contribution in [-0.4, -0.2) is 31.5 Å². The maximum atomic E-state index is 5.98. The number of halogens is 1. The molecule has 0 bridgehead atoms. The molecule has 1 unspecified atom stereocenters. The van der Waals surface area contributed by atoms with Gasteiger partial charge in [0.15, 0.2) is 11.5 Å². The highest BCUT2D eigenvalue weighted by atomic mass is 35.5. The van der Waals surface area contributed by atoms with Gasteiger partial charge in [0.05, 0.1) is 21.3 Å². The zero-order chi connectivity index (χ0) is 20.1. The van der Waals surface area contributed by atoms with E-state index in [2.05, 4.69) is 17.1 Å². The van der Waals surface area contributed by atoms with Crippen molar-refractivity contribution in [2.24, 2.45) is 0 Å². The first-order valence-electron chi connectivity index (χ1n) is 8.65. The fourth-order valence-corrected chi connectivity index (χ4v) is 3.81. The second-order valence-electron chi connectivity index (χ2n) is 5.85. The first kappa shape index (κ1) is 20.4. The molecule has 0 radical (unpaired) electrons. The minimum Gasteiger partial charge on any atom is -0.493 e. The van der Waals surface area contributed by atoms with Gasteiger partial charge in [0.2, 0.25) is 11.6 Å². The first-order valence-corrected chi connectivity index (χ1v) is 9.91. The molecule has 1 aromatic heterocycles. The standard InChI is InChI=1S/C20H21ClN2O4S/c1-5-17(12-6-8-14(21)9-7-12)28-20-23-22-19(27-20)13-10-15(24-2)18(26-4)16(11-13)25-3/h6-11,17H,5H2,1-4H3. The van der Waals surface area contributed by atoms with Crippen LogP contribution in [0, 0.1) is 0 Å². The molecule has 3 rings (SSSR count). The number of benzene rings is 2. The highest BCUT2D eigenvalue weighted by Gasteiger charge is 2.20. The molecule has 3 aromatic rings. The normalized spacial score (nSPS) is 11.9. The summed E-state index contributed by atoms with van der Waals surface area (Å²) < 4.78 is 22.0. The number of rotatable bonds is 8. The summed E-state index contributed by atoms with van der Waals surface area (Å²) in [5.41, 5.74) is 1.85. The quantitative estimate of drug-likeness (QED) is 0.435. The number of nitrogens with zero attached hydrogens (tertiary/aromatic N) is 2. The monoisotopic (exact) mass is 420 g/mol. The lowest BCUT2D eigenvalue weighted by Crippen LogP contribution is -1.95. The summed E-state index contributed by atoms with van der Waals surface area (Å²) in [6.07, 6.45) is 0.911. The van der Waals surface area contributed by atoms with Crippen molar-refractivity contribution < 1.29 is 18.6 Å². The van der Waals surface area contributed by atoms with E-state index in [0.717, 1.165) is 12.0 Å². The van der Waals surface area contributed by atoms with Gasteiger partial charge in [-0.2, -0.15) is 0 Å². The summed E-state index contributed by atoms with van der Waals surface area (Å²) in [6, 6.07) is 11.4. The van der Waals surface area contributed by atoms with E-state index < -0.39 is 0 Å². The van der Waals surface area contributed by atoms with Gasteiger partial charge >= 0.3 is 0 Å². The lowest BCUT2D eigenvalue weighted by Gasteiger charge is -2.13. The Morgan fingerprint density at radius 2 is 1.64 bits per heavy atom. The van der Waals surface area contributed by atoms with Gasteiger partial charge in [0.25, 0.3) is 5.22 Å². The number of aromatic nitrogens is 2. The molecule has 0 fully saturated rings. The van der Waals surface area contributed by atoms with Gasteiger partial charge < -0.3 is 18.6 Å². The fourth-order valence-electron chi connectivity index (χ4n) is 2.76. The Morgan fingerprint density at radius 3 is 2.18 bits per heavy atom. The van der Waals surface area contributed by atoms with Gasteiger partial charge in [-0.3, -0.25) is 0 Å².